The number of rotatable bonds is 16. The van der Waals surface area contributed by atoms with E-state index in [1.54, 1.807) is 17.1 Å². The fourth-order valence-electron chi connectivity index (χ4n) is 8.37. The number of carbonyl (C=O) groups is 3. The molecule has 1 N–H and O–H groups in total. The summed E-state index contributed by atoms with van der Waals surface area (Å²) in [7, 11) is 0. The number of carbonyl (C=O) groups excluding carboxylic acids is 3. The Morgan fingerprint density at radius 3 is 2.35 bits per heavy atom. The second-order valence-corrected chi connectivity index (χ2v) is 13.5. The van der Waals surface area contributed by atoms with E-state index >= 15 is 4.79 Å². The molecule has 3 fully saturated rings. The molecule has 2 aromatic rings. The standard InChI is InChI=1S/C39H51N3O6/c1-7-11-15-23-47-37(46)33-32-35(44)42(31(26-43)24-28-16-13-12-14-17-28)34(39(32)25-27(5)38(33,6)48-39)36(45)41(22-8-2)30-20-18-29(19-21-30)40(9-3)10-4/h7-8,12-14,16-21,27,31-34,43H,1-2,9-11,15,22-26H2,3-6H3/t27?,31-,32+,33+,34?,38-,39?/m1/s1. The van der Waals surface area contributed by atoms with Crippen LogP contribution in [0.25, 0.3) is 0 Å². The molecular weight excluding hydrogens is 606 g/mol. The van der Waals surface area contributed by atoms with E-state index in [4.69, 9.17) is 9.47 Å². The van der Waals surface area contributed by atoms with Crippen LogP contribution in [0, 0.1) is 17.8 Å². The number of fused-ring (bicyclic) bond motifs is 1. The number of benzene rings is 2. The largest absolute Gasteiger partial charge is 0.465 e. The highest BCUT2D eigenvalue weighted by Gasteiger charge is 2.80. The van der Waals surface area contributed by atoms with Crippen molar-refractivity contribution in [1.29, 1.82) is 0 Å². The molecule has 1 spiro atoms. The average molecular weight is 658 g/mol. The molecule has 5 rings (SSSR count). The van der Waals surface area contributed by atoms with Crippen LogP contribution in [0.1, 0.15) is 52.5 Å². The maximum atomic E-state index is 15.1. The lowest BCUT2D eigenvalue weighted by Crippen LogP contribution is -2.59. The van der Waals surface area contributed by atoms with Gasteiger partial charge in [-0.25, -0.2) is 0 Å². The summed E-state index contributed by atoms with van der Waals surface area (Å²) in [5.41, 5.74) is 0.352. The molecule has 0 aliphatic carbocycles. The SMILES string of the molecule is C=CCCCOC(=O)[C@@H]1[C@H]2C(=O)N([C@@H](CO)Cc3ccccc3)C(C(=O)N(CC=C)c3ccc(N(CC)CC)cc3)C23CC(C)[C@@]1(C)O3. The molecule has 2 amide bonds. The Labute approximate surface area is 285 Å². The summed E-state index contributed by atoms with van der Waals surface area (Å²) in [5.74, 6) is -3.13. The fraction of sp³-hybridized carbons (Fsp3) is 0.513. The van der Waals surface area contributed by atoms with E-state index in [0.717, 1.165) is 24.3 Å². The molecule has 3 aliphatic rings. The Morgan fingerprint density at radius 1 is 1.08 bits per heavy atom. The van der Waals surface area contributed by atoms with Gasteiger partial charge in [-0.3, -0.25) is 14.4 Å². The van der Waals surface area contributed by atoms with Crippen molar-refractivity contribution in [3.05, 3.63) is 85.5 Å². The van der Waals surface area contributed by atoms with Crippen molar-refractivity contribution in [2.45, 2.75) is 76.7 Å². The molecular formula is C39H51N3O6. The summed E-state index contributed by atoms with van der Waals surface area (Å²) < 4.78 is 12.7. The number of esters is 1. The minimum absolute atomic E-state index is 0.134. The van der Waals surface area contributed by atoms with Gasteiger partial charge in [0.25, 0.3) is 5.91 Å². The molecule has 0 radical (unpaired) electrons. The summed E-state index contributed by atoms with van der Waals surface area (Å²) in [6.07, 6.45) is 5.51. The zero-order chi connectivity index (χ0) is 34.6. The molecule has 48 heavy (non-hydrogen) atoms. The number of nitrogens with zero attached hydrogens (tertiary/aromatic N) is 3. The van der Waals surface area contributed by atoms with Gasteiger partial charge >= 0.3 is 5.97 Å². The van der Waals surface area contributed by atoms with Crippen LogP contribution in [0.15, 0.2) is 79.9 Å². The number of anilines is 2. The van der Waals surface area contributed by atoms with Gasteiger partial charge < -0.3 is 29.3 Å². The van der Waals surface area contributed by atoms with Crippen molar-refractivity contribution in [1.82, 2.24) is 4.90 Å². The fourth-order valence-corrected chi connectivity index (χ4v) is 8.37. The quantitative estimate of drug-likeness (QED) is 0.151. The van der Waals surface area contributed by atoms with E-state index in [9.17, 15) is 14.7 Å². The molecule has 9 heteroatoms. The van der Waals surface area contributed by atoms with Gasteiger partial charge in [0.1, 0.15) is 17.6 Å². The van der Waals surface area contributed by atoms with E-state index in [1.807, 2.05) is 68.4 Å². The molecule has 3 heterocycles. The van der Waals surface area contributed by atoms with Crippen LogP contribution in [0.2, 0.25) is 0 Å². The smallest absolute Gasteiger partial charge is 0.312 e. The highest BCUT2D eigenvalue weighted by molar-refractivity contribution is 6.05. The number of ether oxygens (including phenoxy) is 2. The maximum absolute atomic E-state index is 15.1. The Morgan fingerprint density at radius 2 is 1.75 bits per heavy atom. The molecule has 9 nitrogen and oxygen atoms in total. The number of aliphatic hydroxyl groups is 1. The number of unbranched alkanes of at least 4 members (excludes halogenated alkanes) is 1. The maximum Gasteiger partial charge on any atom is 0.312 e. The molecule has 7 atom stereocenters. The van der Waals surface area contributed by atoms with Crippen molar-refractivity contribution >= 4 is 29.2 Å². The number of amides is 2. The number of hydrogen-bond acceptors (Lipinski definition) is 7. The van der Waals surface area contributed by atoms with E-state index in [2.05, 4.69) is 31.9 Å². The molecule has 0 saturated carbocycles. The first-order chi connectivity index (χ1) is 23.1. The third-order valence-electron chi connectivity index (χ3n) is 10.8. The van der Waals surface area contributed by atoms with Crippen molar-refractivity contribution in [3.63, 3.8) is 0 Å². The predicted octanol–water partition coefficient (Wildman–Crippen LogP) is 5.18. The summed E-state index contributed by atoms with van der Waals surface area (Å²) in [5, 5.41) is 10.8. The summed E-state index contributed by atoms with van der Waals surface area (Å²) in [6, 6.07) is 15.6. The molecule has 0 aromatic heterocycles. The molecule has 3 aliphatic heterocycles. The number of likely N-dealkylation sites (tertiary alicyclic amines) is 1. The molecule has 2 aromatic carbocycles. The first kappa shape index (κ1) is 35.4. The highest BCUT2D eigenvalue weighted by Crippen LogP contribution is 2.65. The van der Waals surface area contributed by atoms with Crippen LogP contribution in [0.5, 0.6) is 0 Å². The molecule has 3 saturated heterocycles. The van der Waals surface area contributed by atoms with Gasteiger partial charge in [0.05, 0.1) is 30.8 Å². The van der Waals surface area contributed by atoms with Gasteiger partial charge in [-0.05, 0) is 82.2 Å². The van der Waals surface area contributed by atoms with Crippen LogP contribution in [-0.2, 0) is 30.3 Å². The Hall–Kier alpha value is -3.95. The first-order valence-corrected chi connectivity index (χ1v) is 17.3. The van der Waals surface area contributed by atoms with Crippen LogP contribution in [0.3, 0.4) is 0 Å². The van der Waals surface area contributed by atoms with Crippen molar-refractivity contribution in [2.24, 2.45) is 17.8 Å². The Balaban J connectivity index is 1.59. The van der Waals surface area contributed by atoms with Crippen LogP contribution in [-0.4, -0.2) is 83.9 Å². The molecule has 3 unspecified atom stereocenters. The van der Waals surface area contributed by atoms with Gasteiger partial charge in [0.15, 0.2) is 0 Å². The third-order valence-corrected chi connectivity index (χ3v) is 10.8. The molecule has 258 valence electrons. The first-order valence-electron chi connectivity index (χ1n) is 17.3. The lowest BCUT2D eigenvalue weighted by atomic mass is 9.62. The van der Waals surface area contributed by atoms with Gasteiger partial charge in [-0.2, -0.15) is 0 Å². The van der Waals surface area contributed by atoms with E-state index in [-0.39, 0.29) is 37.5 Å². The van der Waals surface area contributed by atoms with Crippen LogP contribution >= 0.6 is 0 Å². The minimum Gasteiger partial charge on any atom is -0.465 e. The zero-order valence-electron chi connectivity index (χ0n) is 28.8. The van der Waals surface area contributed by atoms with Crippen molar-refractivity contribution < 1.29 is 29.0 Å². The lowest BCUT2D eigenvalue weighted by Gasteiger charge is -2.39. The summed E-state index contributed by atoms with van der Waals surface area (Å²) in [6.45, 7) is 17.5. The Bertz CT molecular complexity index is 1480. The monoisotopic (exact) mass is 657 g/mol. The number of hydrogen-bond donors (Lipinski definition) is 1. The lowest BCUT2D eigenvalue weighted by molar-refractivity contribution is -0.162. The number of aliphatic hydroxyl groups excluding tert-OH is 1. The van der Waals surface area contributed by atoms with E-state index in [1.165, 1.54) is 4.90 Å². The van der Waals surface area contributed by atoms with Gasteiger partial charge in [-0.15, -0.1) is 13.2 Å². The second kappa shape index (κ2) is 14.7. The van der Waals surface area contributed by atoms with Crippen molar-refractivity contribution in [2.75, 3.05) is 42.6 Å². The topological polar surface area (TPSA) is 99.6 Å². The number of allylic oxidation sites excluding steroid dienone is 1. The van der Waals surface area contributed by atoms with Gasteiger partial charge in [0.2, 0.25) is 5.91 Å². The average Bonchev–Trinajstić information content (AvgIpc) is 3.61. The van der Waals surface area contributed by atoms with E-state index in [0.29, 0.717) is 31.4 Å². The van der Waals surface area contributed by atoms with Crippen LogP contribution < -0.4 is 9.80 Å². The van der Waals surface area contributed by atoms with Gasteiger partial charge in [0, 0.05) is 31.0 Å². The third kappa shape index (κ3) is 6.07. The molecule has 2 bridgehead atoms. The predicted molar refractivity (Wildman–Crippen MR) is 188 cm³/mol. The summed E-state index contributed by atoms with van der Waals surface area (Å²) >= 11 is 0. The van der Waals surface area contributed by atoms with Crippen molar-refractivity contribution in [3.8, 4) is 0 Å². The zero-order valence-corrected chi connectivity index (χ0v) is 28.8. The summed E-state index contributed by atoms with van der Waals surface area (Å²) in [4.78, 5) is 49.3. The highest BCUT2D eigenvalue weighted by atomic mass is 16.6. The normalized spacial score (nSPS) is 27.8. The van der Waals surface area contributed by atoms with E-state index < -0.39 is 41.1 Å². The second-order valence-electron chi connectivity index (χ2n) is 13.5. The van der Waals surface area contributed by atoms with Crippen LogP contribution in [0.4, 0.5) is 11.4 Å². The minimum atomic E-state index is -1.28. The Kier molecular flexibility index (Phi) is 10.8. The van der Waals surface area contributed by atoms with Gasteiger partial charge in [-0.1, -0.05) is 49.4 Å².